The van der Waals surface area contributed by atoms with Crippen molar-refractivity contribution in [2.75, 3.05) is 6.54 Å². The molecular formula is C15H18N2O. The van der Waals surface area contributed by atoms with E-state index in [1.165, 1.54) is 34.9 Å². The number of piperidine rings is 1. The smallest absolute Gasteiger partial charge is 0.119 e. The number of aromatic nitrogens is 1. The normalized spacial score (nSPS) is 26.3. The van der Waals surface area contributed by atoms with Crippen molar-refractivity contribution in [3.63, 3.8) is 0 Å². The molecule has 0 radical (unpaired) electrons. The Labute approximate surface area is 106 Å². The molecule has 18 heavy (non-hydrogen) atoms. The summed E-state index contributed by atoms with van der Waals surface area (Å²) in [5.74, 6) is 0.657. The van der Waals surface area contributed by atoms with Gasteiger partial charge >= 0.3 is 0 Å². The van der Waals surface area contributed by atoms with Crippen molar-refractivity contribution >= 4 is 10.9 Å². The summed E-state index contributed by atoms with van der Waals surface area (Å²) in [4.78, 5) is 0. The topological polar surface area (TPSA) is 37.2 Å². The first-order chi connectivity index (χ1) is 8.88. The Balaban J connectivity index is 1.97. The molecule has 2 aliphatic rings. The highest BCUT2D eigenvalue weighted by Crippen LogP contribution is 2.41. The number of fused-ring (bicyclic) bond motifs is 2. The first-order valence-corrected chi connectivity index (χ1v) is 6.83. The Kier molecular flexibility index (Phi) is 2.26. The summed E-state index contributed by atoms with van der Waals surface area (Å²) in [6.45, 7) is 1.22. The number of aliphatic hydroxyl groups is 1. The van der Waals surface area contributed by atoms with Gasteiger partial charge in [-0.1, -0.05) is 12.1 Å². The van der Waals surface area contributed by atoms with Gasteiger partial charge in [0, 0.05) is 23.5 Å². The van der Waals surface area contributed by atoms with Crippen LogP contribution in [0, 0.1) is 0 Å². The van der Waals surface area contributed by atoms with Crippen molar-refractivity contribution in [3.05, 3.63) is 35.5 Å². The number of benzene rings is 1. The minimum absolute atomic E-state index is 0.0721. The first-order valence-electron chi connectivity index (χ1n) is 6.83. The highest BCUT2D eigenvalue weighted by atomic mass is 16.3. The van der Waals surface area contributed by atoms with Crippen molar-refractivity contribution in [3.8, 4) is 0 Å². The predicted octanol–water partition coefficient (Wildman–Crippen LogP) is 1.98. The molecule has 3 heteroatoms. The fourth-order valence-electron chi connectivity index (χ4n) is 3.83. The summed E-state index contributed by atoms with van der Waals surface area (Å²) in [6.07, 6.45) is 5.79. The van der Waals surface area contributed by atoms with Gasteiger partial charge in [-0.05, 0) is 43.0 Å². The Morgan fingerprint density at radius 2 is 2.33 bits per heavy atom. The second kappa shape index (κ2) is 3.84. The minimum Gasteiger partial charge on any atom is -0.376 e. The molecule has 1 fully saturated rings. The monoisotopic (exact) mass is 242 g/mol. The third-order valence-corrected chi connectivity index (χ3v) is 4.59. The van der Waals surface area contributed by atoms with E-state index in [1.807, 2.05) is 4.57 Å². The summed E-state index contributed by atoms with van der Waals surface area (Å²) in [6, 6.07) is 7.11. The molecule has 0 amide bonds. The third kappa shape index (κ3) is 1.32. The van der Waals surface area contributed by atoms with Gasteiger partial charge in [-0.3, -0.25) is 0 Å². The highest BCUT2D eigenvalue weighted by Gasteiger charge is 2.33. The van der Waals surface area contributed by atoms with Crippen LogP contribution in [-0.4, -0.2) is 22.3 Å². The predicted molar refractivity (Wildman–Crippen MR) is 71.6 cm³/mol. The van der Waals surface area contributed by atoms with Crippen molar-refractivity contribution < 1.29 is 5.11 Å². The van der Waals surface area contributed by atoms with Gasteiger partial charge in [0.25, 0.3) is 0 Å². The molecule has 94 valence electrons. The van der Waals surface area contributed by atoms with E-state index in [9.17, 15) is 5.11 Å². The molecule has 1 aromatic heterocycles. The summed E-state index contributed by atoms with van der Waals surface area (Å²) in [7, 11) is 0. The lowest BCUT2D eigenvalue weighted by Crippen LogP contribution is -2.43. The Hall–Kier alpha value is -1.32. The maximum absolute atomic E-state index is 9.46. The van der Waals surface area contributed by atoms with Crippen molar-refractivity contribution in [1.29, 1.82) is 0 Å². The van der Waals surface area contributed by atoms with Crippen LogP contribution in [0.5, 0.6) is 0 Å². The standard InChI is InChI=1S/C15H18N2O/c18-9-17-8-10-7-13-11(4-2-6-16-13)12-3-1-5-14(17)15(10)12/h1,3,5,8,11,13,16,18H,2,4,6-7,9H2/t11-,13-/m1/s1. The molecular weight excluding hydrogens is 224 g/mol. The van der Waals surface area contributed by atoms with Crippen LogP contribution in [-0.2, 0) is 13.2 Å². The molecule has 4 rings (SSSR count). The zero-order valence-electron chi connectivity index (χ0n) is 10.4. The summed E-state index contributed by atoms with van der Waals surface area (Å²) in [5, 5.41) is 14.5. The van der Waals surface area contributed by atoms with Gasteiger partial charge in [-0.15, -0.1) is 0 Å². The fourth-order valence-corrected chi connectivity index (χ4v) is 3.83. The van der Waals surface area contributed by atoms with Crippen molar-refractivity contribution in [1.82, 2.24) is 9.88 Å². The van der Waals surface area contributed by atoms with Crippen LogP contribution in [0.15, 0.2) is 24.4 Å². The molecule has 1 aliphatic heterocycles. The maximum atomic E-state index is 9.46. The van der Waals surface area contributed by atoms with Gasteiger partial charge in [0.1, 0.15) is 6.73 Å². The first kappa shape index (κ1) is 10.6. The SMILES string of the molecule is OCn1cc2c3c(cccc31)[C@H]1CCCN[C@@H]1C2. The van der Waals surface area contributed by atoms with E-state index in [-0.39, 0.29) is 6.73 Å². The maximum Gasteiger partial charge on any atom is 0.119 e. The molecule has 1 aliphatic carbocycles. The van der Waals surface area contributed by atoms with Gasteiger partial charge in [-0.25, -0.2) is 0 Å². The number of hydrogen-bond donors (Lipinski definition) is 2. The van der Waals surface area contributed by atoms with Gasteiger partial charge in [0.2, 0.25) is 0 Å². The lowest BCUT2D eigenvalue weighted by Gasteiger charge is -2.36. The molecule has 1 aromatic carbocycles. The van der Waals surface area contributed by atoms with E-state index >= 15 is 0 Å². The number of hydrogen-bond acceptors (Lipinski definition) is 2. The van der Waals surface area contributed by atoms with Crippen LogP contribution in [0.4, 0.5) is 0 Å². The van der Waals surface area contributed by atoms with Crippen LogP contribution in [0.3, 0.4) is 0 Å². The van der Waals surface area contributed by atoms with Crippen molar-refractivity contribution in [2.45, 2.75) is 38.0 Å². The van der Waals surface area contributed by atoms with Crippen LogP contribution in [0.2, 0.25) is 0 Å². The van der Waals surface area contributed by atoms with Crippen molar-refractivity contribution in [2.24, 2.45) is 0 Å². The Morgan fingerprint density at radius 3 is 3.22 bits per heavy atom. The van der Waals surface area contributed by atoms with Gasteiger partial charge < -0.3 is 15.0 Å². The Bertz CT molecular complexity index is 602. The molecule has 0 spiro atoms. The van der Waals surface area contributed by atoms with Crippen LogP contribution in [0.25, 0.3) is 10.9 Å². The Morgan fingerprint density at radius 1 is 1.39 bits per heavy atom. The van der Waals surface area contributed by atoms with Gasteiger partial charge in [0.15, 0.2) is 0 Å². The average Bonchev–Trinajstić information content (AvgIpc) is 2.79. The molecule has 2 N–H and O–H groups in total. The second-order valence-electron chi connectivity index (χ2n) is 5.52. The van der Waals surface area contributed by atoms with Gasteiger partial charge in [0.05, 0.1) is 5.52 Å². The lowest BCUT2D eigenvalue weighted by atomic mass is 9.76. The van der Waals surface area contributed by atoms with Gasteiger partial charge in [-0.2, -0.15) is 0 Å². The molecule has 2 atom stereocenters. The summed E-state index contributed by atoms with van der Waals surface area (Å²) < 4.78 is 1.96. The quantitative estimate of drug-likeness (QED) is 0.802. The van der Waals surface area contributed by atoms with E-state index in [4.69, 9.17) is 0 Å². The van der Waals surface area contributed by atoms with E-state index in [0.717, 1.165) is 13.0 Å². The minimum atomic E-state index is 0.0721. The van der Waals surface area contributed by atoms with E-state index in [2.05, 4.69) is 29.7 Å². The molecule has 2 heterocycles. The molecule has 0 bridgehead atoms. The third-order valence-electron chi connectivity index (χ3n) is 4.59. The largest absolute Gasteiger partial charge is 0.376 e. The zero-order chi connectivity index (χ0) is 12.1. The summed E-state index contributed by atoms with van der Waals surface area (Å²) in [5.41, 5.74) is 4.07. The zero-order valence-corrected chi connectivity index (χ0v) is 10.4. The van der Waals surface area contributed by atoms with E-state index in [0.29, 0.717) is 12.0 Å². The fraction of sp³-hybridized carbons (Fsp3) is 0.467. The second-order valence-corrected chi connectivity index (χ2v) is 5.52. The molecule has 0 unspecified atom stereocenters. The molecule has 1 saturated heterocycles. The van der Waals surface area contributed by atoms with E-state index in [1.54, 1.807) is 0 Å². The molecule has 0 saturated carbocycles. The molecule has 2 aromatic rings. The average molecular weight is 242 g/mol. The number of nitrogens with one attached hydrogen (secondary N) is 1. The van der Waals surface area contributed by atoms with Crippen LogP contribution < -0.4 is 5.32 Å². The van der Waals surface area contributed by atoms with Crippen LogP contribution in [0.1, 0.15) is 29.9 Å². The number of aliphatic hydroxyl groups excluding tert-OH is 1. The lowest BCUT2D eigenvalue weighted by molar-refractivity contribution is 0.215. The highest BCUT2D eigenvalue weighted by molar-refractivity contribution is 5.89. The van der Waals surface area contributed by atoms with Crippen LogP contribution >= 0.6 is 0 Å². The number of rotatable bonds is 1. The van der Waals surface area contributed by atoms with E-state index < -0.39 is 0 Å². The molecule has 3 nitrogen and oxygen atoms in total. The summed E-state index contributed by atoms with van der Waals surface area (Å²) >= 11 is 0. The number of nitrogens with zero attached hydrogens (tertiary/aromatic N) is 1.